The summed E-state index contributed by atoms with van der Waals surface area (Å²) in [5, 5.41) is 1.06. The number of rotatable bonds is 2. The Kier molecular flexibility index (Phi) is 3.36. The van der Waals surface area contributed by atoms with Crippen molar-refractivity contribution in [3.8, 4) is 0 Å². The van der Waals surface area contributed by atoms with Gasteiger partial charge in [-0.1, -0.05) is 0 Å². The average Bonchev–Trinajstić information content (AvgIpc) is 2.25. The van der Waals surface area contributed by atoms with Crippen LogP contribution in [0.15, 0.2) is 36.4 Å². The first-order valence-corrected chi connectivity index (χ1v) is 11.6. The Morgan fingerprint density at radius 1 is 0.667 bits per heavy atom. The van der Waals surface area contributed by atoms with E-state index in [4.69, 9.17) is 16.4 Å². The van der Waals surface area contributed by atoms with E-state index >= 15 is 0 Å². The van der Waals surface area contributed by atoms with Gasteiger partial charge in [-0.05, 0) is 0 Å². The van der Waals surface area contributed by atoms with Gasteiger partial charge in [0.1, 0.15) is 0 Å². The van der Waals surface area contributed by atoms with Gasteiger partial charge < -0.3 is 0 Å². The molecule has 18 heavy (non-hydrogen) atoms. The van der Waals surface area contributed by atoms with Crippen molar-refractivity contribution in [1.82, 2.24) is 0 Å². The molecule has 2 aromatic carbocycles. The van der Waals surface area contributed by atoms with Crippen LogP contribution in [0.4, 0.5) is 0 Å². The van der Waals surface area contributed by atoms with Crippen molar-refractivity contribution in [2.45, 2.75) is 0 Å². The Labute approximate surface area is 108 Å². The molecule has 0 saturated heterocycles. The van der Waals surface area contributed by atoms with E-state index in [-0.39, 0.29) is 8.70 Å². The molecule has 0 saturated carbocycles. The van der Waals surface area contributed by atoms with E-state index in [1.54, 1.807) is 0 Å². The predicted molar refractivity (Wildman–Crippen MR) is 65.0 cm³/mol. The third kappa shape index (κ3) is 2.80. The molecule has 0 heterocycles. The fraction of sp³-hybridized carbons (Fsp3) is 0. The molecular weight excluding hydrogens is 366 g/mol. The second-order valence-corrected chi connectivity index (χ2v) is 10.5. The van der Waals surface area contributed by atoms with Gasteiger partial charge in [-0.25, -0.2) is 0 Å². The summed E-state index contributed by atoms with van der Waals surface area (Å²) in [4.78, 5) is 0. The Hall–Kier alpha value is -0.743. The van der Waals surface area contributed by atoms with Crippen LogP contribution in [-0.4, -0.2) is 44.7 Å². The summed E-state index contributed by atoms with van der Waals surface area (Å²) in [6, 6.07) is 8.12. The van der Waals surface area contributed by atoms with Crippen LogP contribution in [0.1, 0.15) is 0 Å². The van der Waals surface area contributed by atoms with Gasteiger partial charge in [0.25, 0.3) is 0 Å². The number of benzene rings is 2. The molecule has 0 bridgehead atoms. The third-order valence-electron chi connectivity index (χ3n) is 2.48. The van der Waals surface area contributed by atoms with E-state index in [2.05, 4.69) is 0 Å². The first kappa shape index (κ1) is 13.7. The first-order valence-electron chi connectivity index (χ1n) is 4.84. The molecule has 2 aromatic rings. The van der Waals surface area contributed by atoms with Gasteiger partial charge in [-0.2, -0.15) is 0 Å². The third-order valence-corrected chi connectivity index (χ3v) is 6.47. The topological polar surface area (TPSA) is 115 Å². The molecule has 0 spiro atoms. The molecule has 2 rings (SSSR count). The summed E-state index contributed by atoms with van der Waals surface area (Å²) in [5.41, 5.74) is 0. The molecule has 0 aromatic heterocycles. The van der Waals surface area contributed by atoms with E-state index in [9.17, 15) is 7.48 Å². The molecule has 8 heteroatoms. The number of hydrogen-bond acceptors (Lipinski definition) is 2. The first-order chi connectivity index (χ1) is 8.18. The summed E-state index contributed by atoms with van der Waals surface area (Å²) in [7, 11) is 0. The van der Waals surface area contributed by atoms with Crippen LogP contribution in [0.3, 0.4) is 0 Å². The van der Waals surface area contributed by atoms with Gasteiger partial charge in [0, 0.05) is 0 Å². The minimum absolute atomic E-state index is 0.0603. The van der Waals surface area contributed by atoms with Crippen molar-refractivity contribution < 1.29 is 23.9 Å². The zero-order valence-electron chi connectivity index (χ0n) is 8.96. The zero-order chi connectivity index (χ0) is 13.6. The van der Waals surface area contributed by atoms with Crippen LogP contribution in [0.25, 0.3) is 10.8 Å². The molecule has 0 aliphatic rings. The van der Waals surface area contributed by atoms with Gasteiger partial charge in [0.05, 0.1) is 0 Å². The zero-order valence-corrected chi connectivity index (χ0v) is 12.7. The molecule has 0 aliphatic heterocycles. The van der Waals surface area contributed by atoms with Gasteiger partial charge in [-0.3, -0.25) is 0 Å². The second-order valence-electron chi connectivity index (χ2n) is 3.80. The van der Waals surface area contributed by atoms with Crippen molar-refractivity contribution in [3.05, 3.63) is 36.4 Å². The van der Waals surface area contributed by atoms with Crippen LogP contribution < -0.4 is 8.70 Å². The molecule has 0 amide bonds. The fourth-order valence-electron chi connectivity index (χ4n) is 1.58. The second kappa shape index (κ2) is 4.42. The summed E-state index contributed by atoms with van der Waals surface area (Å²) >= 11 is -9.88. The molecule has 0 aliphatic carbocycles. The predicted octanol–water partition coefficient (Wildman–Crippen LogP) is -2.04. The Bertz CT molecular complexity index is 637. The number of fused-ring (bicyclic) bond motifs is 1. The van der Waals surface area contributed by atoms with Crippen molar-refractivity contribution in [2.24, 2.45) is 0 Å². The minimum atomic E-state index is -4.94. The van der Waals surface area contributed by atoms with Crippen molar-refractivity contribution in [1.29, 1.82) is 0 Å². The van der Waals surface area contributed by atoms with E-state index < -0.39 is 28.3 Å². The SMILES string of the molecule is O=[As](O)(O)c1ccc2cc([As](=O)(O)O)ccc2c1. The molecule has 0 fully saturated rings. The van der Waals surface area contributed by atoms with Crippen molar-refractivity contribution in [2.75, 3.05) is 0 Å². The van der Waals surface area contributed by atoms with Crippen LogP contribution >= 0.6 is 0 Å². The molecule has 0 radical (unpaired) electrons. The standard InChI is InChI=1S/C10H10As2O6/c13-11(14,15)9-3-1-7-5-10(12(16,17)18)4-2-8(7)6-9/h1-6H,(H2,13,14,15)(H2,16,17,18). The van der Waals surface area contributed by atoms with Gasteiger partial charge in [0.15, 0.2) is 0 Å². The van der Waals surface area contributed by atoms with E-state index in [0.717, 1.165) is 0 Å². The van der Waals surface area contributed by atoms with Crippen molar-refractivity contribution in [3.63, 3.8) is 0 Å². The van der Waals surface area contributed by atoms with Crippen LogP contribution in [0.2, 0.25) is 0 Å². The number of hydrogen-bond donors (Lipinski definition) is 4. The van der Waals surface area contributed by atoms with E-state index in [1.807, 2.05) is 0 Å². The molecule has 0 unspecified atom stereocenters. The van der Waals surface area contributed by atoms with Crippen LogP contribution in [-0.2, 0) is 7.48 Å². The van der Waals surface area contributed by atoms with E-state index in [1.165, 1.54) is 36.4 Å². The van der Waals surface area contributed by atoms with Gasteiger partial charge in [-0.15, -0.1) is 0 Å². The van der Waals surface area contributed by atoms with Gasteiger partial charge >= 0.3 is 108 Å². The normalized spacial score (nSPS) is 12.9. The molecule has 4 N–H and O–H groups in total. The summed E-state index contributed by atoms with van der Waals surface area (Å²) in [6.45, 7) is 0. The quantitative estimate of drug-likeness (QED) is 0.450. The average molecular weight is 376 g/mol. The summed E-state index contributed by atoms with van der Waals surface area (Å²) in [5.74, 6) is 0. The van der Waals surface area contributed by atoms with E-state index in [0.29, 0.717) is 10.8 Å². The van der Waals surface area contributed by atoms with Crippen LogP contribution in [0, 0.1) is 0 Å². The Morgan fingerprint density at radius 2 is 1.00 bits per heavy atom. The molecule has 96 valence electrons. The summed E-state index contributed by atoms with van der Waals surface area (Å²) < 4.78 is 58.5. The molecule has 0 atom stereocenters. The Balaban J connectivity index is 2.63. The fourth-order valence-corrected chi connectivity index (χ4v) is 4.00. The maximum atomic E-state index is 11.1. The molecule has 6 nitrogen and oxygen atoms in total. The van der Waals surface area contributed by atoms with Gasteiger partial charge in [0.2, 0.25) is 0 Å². The maximum absolute atomic E-state index is 11.1. The van der Waals surface area contributed by atoms with Crippen molar-refractivity contribution >= 4 is 47.8 Å². The molecular formula is C10H10As2O6. The monoisotopic (exact) mass is 376 g/mol. The Morgan fingerprint density at radius 3 is 1.28 bits per heavy atom. The van der Waals surface area contributed by atoms with Crippen LogP contribution in [0.5, 0.6) is 0 Å². The summed E-state index contributed by atoms with van der Waals surface area (Å²) in [6.07, 6.45) is 0.